The van der Waals surface area contributed by atoms with Crippen molar-refractivity contribution in [3.8, 4) is 11.5 Å². The molecule has 0 saturated heterocycles. The van der Waals surface area contributed by atoms with Gasteiger partial charge >= 0.3 is 0 Å². The first kappa shape index (κ1) is 16.1. The lowest BCUT2D eigenvalue weighted by molar-refractivity contribution is -0.125. The van der Waals surface area contributed by atoms with E-state index in [1.807, 2.05) is 39.0 Å². The normalized spacial score (nSPS) is 10.6. The lowest BCUT2D eigenvalue weighted by Gasteiger charge is -2.15. The number of hydrogen-bond donors (Lipinski definition) is 0. The summed E-state index contributed by atoms with van der Waals surface area (Å²) in [4.78, 5) is 13.7. The van der Waals surface area contributed by atoms with Gasteiger partial charge in [-0.05, 0) is 44.5 Å². The van der Waals surface area contributed by atoms with Crippen molar-refractivity contribution in [3.63, 3.8) is 0 Å². The zero-order chi connectivity index (χ0) is 15.0. The van der Waals surface area contributed by atoms with Gasteiger partial charge in [0.15, 0.2) is 11.5 Å². The third-order valence-corrected chi connectivity index (χ3v) is 2.98. The summed E-state index contributed by atoms with van der Waals surface area (Å²) < 4.78 is 10.7. The summed E-state index contributed by atoms with van der Waals surface area (Å²) in [6.07, 6.45) is 3.38. The minimum Gasteiger partial charge on any atom is -0.493 e. The summed E-state index contributed by atoms with van der Waals surface area (Å²) in [7, 11) is 1.60. The van der Waals surface area contributed by atoms with Crippen LogP contribution >= 0.6 is 0 Å². The van der Waals surface area contributed by atoms with E-state index in [9.17, 15) is 4.79 Å². The van der Waals surface area contributed by atoms with E-state index in [0.717, 1.165) is 5.56 Å². The van der Waals surface area contributed by atoms with Crippen LogP contribution < -0.4 is 9.47 Å². The molecule has 0 aliphatic carbocycles. The molecule has 1 rings (SSSR count). The molecule has 0 saturated carbocycles. The average molecular weight is 277 g/mol. The van der Waals surface area contributed by atoms with E-state index in [2.05, 4.69) is 0 Å². The van der Waals surface area contributed by atoms with E-state index in [-0.39, 0.29) is 5.91 Å². The number of nitrogens with zero attached hydrogens (tertiary/aromatic N) is 1. The molecule has 0 N–H and O–H groups in total. The van der Waals surface area contributed by atoms with E-state index >= 15 is 0 Å². The zero-order valence-electron chi connectivity index (χ0n) is 12.7. The molecule has 4 heteroatoms. The second kappa shape index (κ2) is 8.25. The maximum Gasteiger partial charge on any atom is 0.246 e. The first-order chi connectivity index (χ1) is 9.65. The van der Waals surface area contributed by atoms with Crippen molar-refractivity contribution < 1.29 is 14.3 Å². The fourth-order valence-corrected chi connectivity index (χ4v) is 1.87. The average Bonchev–Trinajstić information content (AvgIpc) is 2.47. The van der Waals surface area contributed by atoms with Crippen LogP contribution in [-0.4, -0.2) is 37.6 Å². The van der Waals surface area contributed by atoms with Gasteiger partial charge in [-0.25, -0.2) is 0 Å². The fraction of sp³-hybridized carbons (Fsp3) is 0.438. The molecule has 0 fully saturated rings. The van der Waals surface area contributed by atoms with E-state index in [1.165, 1.54) is 0 Å². The Hall–Kier alpha value is -1.97. The van der Waals surface area contributed by atoms with Gasteiger partial charge in [-0.2, -0.15) is 0 Å². The standard InChI is InChI=1S/C16H23NO3/c1-5-17(6-2)16(18)11-9-13-8-10-14(20-7-3)15(12-13)19-4/h8-12H,5-7H2,1-4H3. The summed E-state index contributed by atoms with van der Waals surface area (Å²) in [5.74, 6) is 1.40. The SMILES string of the molecule is CCOc1ccc(C=CC(=O)N(CC)CC)cc1OC. The van der Waals surface area contributed by atoms with Gasteiger partial charge in [-0.1, -0.05) is 6.07 Å². The number of rotatable bonds is 7. The molecule has 0 aromatic heterocycles. The summed E-state index contributed by atoms with van der Waals surface area (Å²) in [6.45, 7) is 7.88. The molecule has 0 radical (unpaired) electrons. The van der Waals surface area contributed by atoms with Crippen LogP contribution in [0.5, 0.6) is 11.5 Å². The Balaban J connectivity index is 2.85. The minimum absolute atomic E-state index is 0.0165. The second-order valence-corrected chi connectivity index (χ2v) is 4.19. The van der Waals surface area contributed by atoms with Gasteiger partial charge in [0.05, 0.1) is 13.7 Å². The van der Waals surface area contributed by atoms with Crippen LogP contribution in [-0.2, 0) is 4.79 Å². The number of carbonyl (C=O) groups excluding carboxylic acids is 1. The summed E-state index contributed by atoms with van der Waals surface area (Å²) in [5.41, 5.74) is 0.908. The number of ether oxygens (including phenoxy) is 2. The number of likely N-dealkylation sites (N-methyl/N-ethyl adjacent to an activating group) is 1. The Morgan fingerprint density at radius 1 is 1.20 bits per heavy atom. The van der Waals surface area contributed by atoms with Crippen LogP contribution in [0.4, 0.5) is 0 Å². The van der Waals surface area contributed by atoms with Crippen LogP contribution in [0.2, 0.25) is 0 Å². The highest BCUT2D eigenvalue weighted by Crippen LogP contribution is 2.28. The van der Waals surface area contributed by atoms with Crippen molar-refractivity contribution >= 4 is 12.0 Å². The van der Waals surface area contributed by atoms with Crippen LogP contribution in [0.25, 0.3) is 6.08 Å². The molecular weight excluding hydrogens is 254 g/mol. The van der Waals surface area contributed by atoms with Gasteiger partial charge in [0.25, 0.3) is 0 Å². The lowest BCUT2D eigenvalue weighted by Crippen LogP contribution is -2.28. The number of hydrogen-bond acceptors (Lipinski definition) is 3. The van der Waals surface area contributed by atoms with Crippen molar-refractivity contribution in [2.75, 3.05) is 26.8 Å². The second-order valence-electron chi connectivity index (χ2n) is 4.19. The van der Waals surface area contributed by atoms with Crippen molar-refractivity contribution in [2.24, 2.45) is 0 Å². The van der Waals surface area contributed by atoms with Gasteiger partial charge in [-0.15, -0.1) is 0 Å². The highest BCUT2D eigenvalue weighted by molar-refractivity contribution is 5.91. The predicted molar refractivity (Wildman–Crippen MR) is 81.1 cm³/mol. The van der Waals surface area contributed by atoms with Crippen LogP contribution in [0, 0.1) is 0 Å². The van der Waals surface area contributed by atoms with E-state index in [4.69, 9.17) is 9.47 Å². The topological polar surface area (TPSA) is 38.8 Å². The first-order valence-electron chi connectivity index (χ1n) is 6.94. The third-order valence-electron chi connectivity index (χ3n) is 2.98. The van der Waals surface area contributed by atoms with Crippen molar-refractivity contribution in [1.82, 2.24) is 4.90 Å². The molecular formula is C16H23NO3. The molecule has 0 bridgehead atoms. The molecule has 20 heavy (non-hydrogen) atoms. The van der Waals surface area contributed by atoms with Gasteiger partial charge < -0.3 is 14.4 Å². The fourth-order valence-electron chi connectivity index (χ4n) is 1.87. The monoisotopic (exact) mass is 277 g/mol. The van der Waals surface area contributed by atoms with E-state index in [0.29, 0.717) is 31.2 Å². The molecule has 4 nitrogen and oxygen atoms in total. The largest absolute Gasteiger partial charge is 0.493 e. The molecule has 0 atom stereocenters. The maximum absolute atomic E-state index is 11.9. The third kappa shape index (κ3) is 4.30. The number of amides is 1. The Bertz CT molecular complexity index is 465. The van der Waals surface area contributed by atoms with Gasteiger partial charge in [0, 0.05) is 19.2 Å². The highest BCUT2D eigenvalue weighted by atomic mass is 16.5. The Labute approximate surface area is 121 Å². The van der Waals surface area contributed by atoms with Crippen LogP contribution in [0.3, 0.4) is 0 Å². The Kier molecular flexibility index (Phi) is 6.64. The van der Waals surface area contributed by atoms with Crippen molar-refractivity contribution in [3.05, 3.63) is 29.8 Å². The molecule has 1 aromatic carbocycles. The molecule has 110 valence electrons. The number of benzene rings is 1. The van der Waals surface area contributed by atoms with Crippen LogP contribution in [0.15, 0.2) is 24.3 Å². The number of methoxy groups -OCH3 is 1. The van der Waals surface area contributed by atoms with E-state index in [1.54, 1.807) is 24.2 Å². The maximum atomic E-state index is 11.9. The summed E-state index contributed by atoms with van der Waals surface area (Å²) in [5, 5.41) is 0. The molecule has 0 spiro atoms. The quantitative estimate of drug-likeness (QED) is 0.719. The molecule has 0 aliphatic rings. The summed E-state index contributed by atoms with van der Waals surface area (Å²) >= 11 is 0. The van der Waals surface area contributed by atoms with E-state index < -0.39 is 0 Å². The van der Waals surface area contributed by atoms with Crippen molar-refractivity contribution in [2.45, 2.75) is 20.8 Å². The van der Waals surface area contributed by atoms with Crippen LogP contribution in [0.1, 0.15) is 26.3 Å². The lowest BCUT2D eigenvalue weighted by atomic mass is 10.2. The Morgan fingerprint density at radius 2 is 1.90 bits per heavy atom. The molecule has 1 aromatic rings. The Morgan fingerprint density at radius 3 is 2.45 bits per heavy atom. The zero-order valence-corrected chi connectivity index (χ0v) is 12.7. The molecule has 0 unspecified atom stereocenters. The van der Waals surface area contributed by atoms with Gasteiger partial charge in [0.2, 0.25) is 5.91 Å². The first-order valence-corrected chi connectivity index (χ1v) is 6.94. The predicted octanol–water partition coefficient (Wildman–Crippen LogP) is 2.98. The number of carbonyl (C=O) groups is 1. The molecule has 1 amide bonds. The highest BCUT2D eigenvalue weighted by Gasteiger charge is 2.06. The summed E-state index contributed by atoms with van der Waals surface area (Å²) in [6, 6.07) is 5.61. The van der Waals surface area contributed by atoms with Gasteiger partial charge in [0.1, 0.15) is 0 Å². The molecule has 0 heterocycles. The minimum atomic E-state index is 0.0165. The van der Waals surface area contributed by atoms with Crippen molar-refractivity contribution in [1.29, 1.82) is 0 Å². The molecule has 0 aliphatic heterocycles. The smallest absolute Gasteiger partial charge is 0.246 e. The van der Waals surface area contributed by atoms with Gasteiger partial charge in [-0.3, -0.25) is 4.79 Å².